The Morgan fingerprint density at radius 3 is 2.30 bits per heavy atom. The Bertz CT molecular complexity index is 864. The van der Waals surface area contributed by atoms with Crippen molar-refractivity contribution in [2.45, 2.75) is 73.5 Å². The number of benzene rings is 1. The number of carbonyl (C=O) groups is 2. The fraction of sp³-hybridized carbons (Fsp3) is 0.500. The van der Waals surface area contributed by atoms with E-state index in [0.29, 0.717) is 9.88 Å². The summed E-state index contributed by atoms with van der Waals surface area (Å²) >= 11 is 1.32. The molecule has 0 aliphatic heterocycles. The van der Waals surface area contributed by atoms with Crippen LogP contribution in [0.25, 0.3) is 0 Å². The molecule has 0 saturated heterocycles. The third-order valence-electron chi connectivity index (χ3n) is 4.58. The Morgan fingerprint density at radius 1 is 1.10 bits per heavy atom. The minimum atomic E-state index is -0.478. The Balaban J connectivity index is 1.89. The highest BCUT2D eigenvalue weighted by atomic mass is 32.1. The van der Waals surface area contributed by atoms with Gasteiger partial charge in [0.05, 0.1) is 16.0 Å². The van der Waals surface area contributed by atoms with E-state index in [1.54, 1.807) is 0 Å². The Morgan fingerprint density at radius 2 is 1.73 bits per heavy atom. The number of aryl methyl sites for hydroxylation is 2. The maximum absolute atomic E-state index is 12.7. The molecule has 0 bridgehead atoms. The van der Waals surface area contributed by atoms with Crippen LogP contribution in [0.1, 0.15) is 68.8 Å². The van der Waals surface area contributed by atoms with Gasteiger partial charge in [-0.2, -0.15) is 0 Å². The van der Waals surface area contributed by atoms with E-state index in [1.165, 1.54) is 16.9 Å². The molecule has 164 valence electrons. The first kappa shape index (κ1) is 23.9. The van der Waals surface area contributed by atoms with E-state index < -0.39 is 5.41 Å². The fourth-order valence-electron chi connectivity index (χ4n) is 2.82. The highest BCUT2D eigenvalue weighted by Crippen LogP contribution is 2.28. The van der Waals surface area contributed by atoms with Crippen molar-refractivity contribution in [1.82, 2.24) is 5.32 Å². The monoisotopic (exact) mass is 430 g/mol. The number of hydrogen-bond acceptors (Lipinski definition) is 4. The number of rotatable bonds is 8. The molecule has 1 atom stereocenters. The molecule has 6 heteroatoms. The normalized spacial score (nSPS) is 12.5. The molecule has 0 aliphatic rings. The molecule has 2 rings (SSSR count). The zero-order chi connectivity index (χ0) is 22.5. The van der Waals surface area contributed by atoms with Crippen molar-refractivity contribution < 1.29 is 14.3 Å². The van der Waals surface area contributed by atoms with Crippen LogP contribution < -0.4 is 15.4 Å². The second-order valence-electron chi connectivity index (χ2n) is 9.05. The summed E-state index contributed by atoms with van der Waals surface area (Å²) in [5.74, 6) is 0.716. The first-order valence-corrected chi connectivity index (χ1v) is 11.3. The summed E-state index contributed by atoms with van der Waals surface area (Å²) in [6.07, 6.45) is 1.88. The summed E-state index contributed by atoms with van der Waals surface area (Å²) in [5.41, 5.74) is 1.61. The standard InChI is InChI=1S/C24H34N2O3S/c1-15(2)29-19-12-10-18(11-13-19)9-8-17(4)25-22(27)21-16(3)14-20(30-21)26-23(28)24(5,6)7/h10-15,17H,8-9H2,1-7H3,(H,25,27)(H,26,28). The van der Waals surface area contributed by atoms with Crippen molar-refractivity contribution in [2.24, 2.45) is 5.41 Å². The second kappa shape index (κ2) is 10.1. The Hall–Kier alpha value is -2.34. The lowest BCUT2D eigenvalue weighted by molar-refractivity contribution is -0.123. The average Bonchev–Trinajstić information content (AvgIpc) is 3.00. The van der Waals surface area contributed by atoms with Gasteiger partial charge in [-0.1, -0.05) is 32.9 Å². The molecular formula is C24H34N2O3S. The largest absolute Gasteiger partial charge is 0.491 e. The van der Waals surface area contributed by atoms with E-state index in [2.05, 4.69) is 22.8 Å². The number of ether oxygens (including phenoxy) is 1. The lowest BCUT2D eigenvalue weighted by atomic mass is 9.96. The molecule has 1 aromatic carbocycles. The quantitative estimate of drug-likeness (QED) is 0.574. The molecule has 0 spiro atoms. The van der Waals surface area contributed by atoms with E-state index in [9.17, 15) is 9.59 Å². The minimum Gasteiger partial charge on any atom is -0.491 e. The number of thiophene rings is 1. The summed E-state index contributed by atoms with van der Waals surface area (Å²) in [4.78, 5) is 25.5. The summed E-state index contributed by atoms with van der Waals surface area (Å²) in [6.45, 7) is 13.5. The molecule has 1 aromatic heterocycles. The number of nitrogens with one attached hydrogen (secondary N) is 2. The zero-order valence-electron chi connectivity index (χ0n) is 19.1. The fourth-order valence-corrected chi connectivity index (χ4v) is 3.79. The predicted octanol–water partition coefficient (Wildman–Crippen LogP) is 5.58. The highest BCUT2D eigenvalue weighted by Gasteiger charge is 2.23. The molecule has 1 unspecified atom stereocenters. The van der Waals surface area contributed by atoms with Crippen LogP contribution in [0, 0.1) is 12.3 Å². The third kappa shape index (κ3) is 7.17. The van der Waals surface area contributed by atoms with E-state index in [0.717, 1.165) is 24.2 Å². The maximum atomic E-state index is 12.7. The summed E-state index contributed by atoms with van der Waals surface area (Å²) in [5, 5.41) is 6.68. The van der Waals surface area contributed by atoms with E-state index in [4.69, 9.17) is 4.74 Å². The van der Waals surface area contributed by atoms with Gasteiger partial charge in [-0.05, 0) is 69.9 Å². The van der Waals surface area contributed by atoms with Crippen molar-refractivity contribution >= 4 is 28.2 Å². The molecule has 0 fully saturated rings. The second-order valence-corrected chi connectivity index (χ2v) is 10.1. The van der Waals surface area contributed by atoms with Gasteiger partial charge >= 0.3 is 0 Å². The first-order chi connectivity index (χ1) is 14.0. The molecule has 0 radical (unpaired) electrons. The van der Waals surface area contributed by atoms with Crippen LogP contribution in [0.5, 0.6) is 5.75 Å². The SMILES string of the molecule is Cc1cc(NC(=O)C(C)(C)C)sc1C(=O)NC(C)CCc1ccc(OC(C)C)cc1. The number of amides is 2. The lowest BCUT2D eigenvalue weighted by Gasteiger charge is -2.16. The molecule has 5 nitrogen and oxygen atoms in total. The van der Waals surface area contributed by atoms with Crippen molar-refractivity contribution in [3.8, 4) is 5.75 Å². The topological polar surface area (TPSA) is 67.4 Å². The van der Waals surface area contributed by atoms with Crippen LogP contribution in [0.3, 0.4) is 0 Å². The zero-order valence-corrected chi connectivity index (χ0v) is 19.9. The predicted molar refractivity (Wildman–Crippen MR) is 125 cm³/mol. The summed E-state index contributed by atoms with van der Waals surface area (Å²) in [7, 11) is 0. The van der Waals surface area contributed by atoms with Crippen LogP contribution in [0.2, 0.25) is 0 Å². The minimum absolute atomic E-state index is 0.0400. The smallest absolute Gasteiger partial charge is 0.261 e. The first-order valence-electron chi connectivity index (χ1n) is 10.4. The van der Waals surface area contributed by atoms with Crippen LogP contribution in [0.15, 0.2) is 30.3 Å². The number of carbonyl (C=O) groups excluding carboxylic acids is 2. The lowest BCUT2D eigenvalue weighted by Crippen LogP contribution is -2.32. The number of anilines is 1. The van der Waals surface area contributed by atoms with Gasteiger partial charge in [0.2, 0.25) is 5.91 Å². The molecule has 0 aliphatic carbocycles. The average molecular weight is 431 g/mol. The molecular weight excluding hydrogens is 396 g/mol. The van der Waals surface area contributed by atoms with Gasteiger partial charge in [0.25, 0.3) is 5.91 Å². The third-order valence-corrected chi connectivity index (χ3v) is 5.73. The molecule has 30 heavy (non-hydrogen) atoms. The maximum Gasteiger partial charge on any atom is 0.261 e. The molecule has 0 saturated carbocycles. The Kier molecular flexibility index (Phi) is 8.07. The van der Waals surface area contributed by atoms with Crippen molar-refractivity contribution in [2.75, 3.05) is 5.32 Å². The van der Waals surface area contributed by atoms with Gasteiger partial charge < -0.3 is 15.4 Å². The van der Waals surface area contributed by atoms with E-state index in [-0.39, 0.29) is 24.0 Å². The van der Waals surface area contributed by atoms with Crippen LogP contribution in [0.4, 0.5) is 5.00 Å². The van der Waals surface area contributed by atoms with Crippen molar-refractivity contribution in [3.05, 3.63) is 46.3 Å². The van der Waals surface area contributed by atoms with E-state index >= 15 is 0 Å². The van der Waals surface area contributed by atoms with Crippen LogP contribution in [-0.2, 0) is 11.2 Å². The van der Waals surface area contributed by atoms with Crippen LogP contribution >= 0.6 is 11.3 Å². The molecule has 1 heterocycles. The highest BCUT2D eigenvalue weighted by molar-refractivity contribution is 7.18. The van der Waals surface area contributed by atoms with Gasteiger partial charge in [0, 0.05) is 11.5 Å². The van der Waals surface area contributed by atoms with Crippen molar-refractivity contribution in [3.63, 3.8) is 0 Å². The van der Waals surface area contributed by atoms with Crippen molar-refractivity contribution in [1.29, 1.82) is 0 Å². The molecule has 2 aromatic rings. The molecule has 2 amide bonds. The van der Waals surface area contributed by atoms with Gasteiger partial charge in [-0.25, -0.2) is 0 Å². The summed E-state index contributed by atoms with van der Waals surface area (Å²) < 4.78 is 5.67. The van der Waals surface area contributed by atoms with Gasteiger partial charge in [-0.15, -0.1) is 11.3 Å². The van der Waals surface area contributed by atoms with Gasteiger partial charge in [0.1, 0.15) is 5.75 Å². The Labute approximate surface area is 184 Å². The van der Waals surface area contributed by atoms with Gasteiger partial charge in [-0.3, -0.25) is 9.59 Å². The van der Waals surface area contributed by atoms with E-state index in [1.807, 2.05) is 66.7 Å². The van der Waals surface area contributed by atoms with Crippen LogP contribution in [-0.4, -0.2) is 24.0 Å². The molecule has 2 N–H and O–H groups in total. The number of hydrogen-bond donors (Lipinski definition) is 2. The summed E-state index contributed by atoms with van der Waals surface area (Å²) in [6, 6.07) is 10.0. The van der Waals surface area contributed by atoms with Gasteiger partial charge in [0.15, 0.2) is 0 Å².